The Labute approximate surface area is 167 Å². The summed E-state index contributed by atoms with van der Waals surface area (Å²) in [5, 5.41) is 3.35. The Morgan fingerprint density at radius 3 is 2.52 bits per heavy atom. The lowest BCUT2D eigenvalue weighted by atomic mass is 10.1. The van der Waals surface area contributed by atoms with Crippen molar-refractivity contribution in [2.24, 2.45) is 4.99 Å². The van der Waals surface area contributed by atoms with Crippen LogP contribution in [0.4, 0.5) is 0 Å². The molecule has 1 aliphatic rings. The first-order chi connectivity index (χ1) is 11.6. The highest BCUT2D eigenvalue weighted by Crippen LogP contribution is 2.13. The number of piperazine rings is 1. The van der Waals surface area contributed by atoms with E-state index >= 15 is 0 Å². The molecule has 1 amide bonds. The number of amides is 1. The maximum atomic E-state index is 11.4. The summed E-state index contributed by atoms with van der Waals surface area (Å²) in [7, 11) is 1.68. The van der Waals surface area contributed by atoms with Crippen LogP contribution in [0, 0.1) is 0 Å². The van der Waals surface area contributed by atoms with Crippen LogP contribution in [-0.2, 0) is 11.2 Å². The number of carbonyl (C=O) groups excluding carboxylic acids is 1. The highest BCUT2D eigenvalue weighted by atomic mass is 127. The van der Waals surface area contributed by atoms with E-state index in [1.807, 2.05) is 23.1 Å². The van der Waals surface area contributed by atoms with Crippen molar-refractivity contribution in [1.82, 2.24) is 15.1 Å². The molecule has 0 aliphatic carbocycles. The topological polar surface area (TPSA) is 57.2 Å². The SMILES string of the molecule is CCNC(=NCCc1cccc(OC)c1)N1CCN(C(C)=O)CC1.I. The summed E-state index contributed by atoms with van der Waals surface area (Å²) >= 11 is 0. The molecule has 0 spiro atoms. The Kier molecular flexibility index (Phi) is 9.62. The van der Waals surface area contributed by atoms with Gasteiger partial charge < -0.3 is 19.9 Å². The smallest absolute Gasteiger partial charge is 0.219 e. The van der Waals surface area contributed by atoms with Crippen LogP contribution in [0.15, 0.2) is 29.3 Å². The standard InChI is InChI=1S/C18H28N4O2.HI/c1-4-19-18(22-12-10-21(11-13-22)15(2)23)20-9-8-16-6-5-7-17(14-16)24-3;/h5-7,14H,4,8-13H2,1-3H3,(H,19,20);1H. The van der Waals surface area contributed by atoms with Crippen LogP contribution in [-0.4, -0.2) is 68.0 Å². The molecule has 1 heterocycles. The molecule has 0 radical (unpaired) electrons. The van der Waals surface area contributed by atoms with Gasteiger partial charge in [-0.3, -0.25) is 9.79 Å². The van der Waals surface area contributed by atoms with E-state index in [0.29, 0.717) is 0 Å². The third-order valence-corrected chi connectivity index (χ3v) is 4.16. The molecule has 0 saturated carbocycles. The molecule has 0 unspecified atom stereocenters. The number of rotatable bonds is 5. The van der Waals surface area contributed by atoms with E-state index in [9.17, 15) is 4.79 Å². The number of nitrogens with zero attached hydrogens (tertiary/aromatic N) is 3. The van der Waals surface area contributed by atoms with E-state index < -0.39 is 0 Å². The van der Waals surface area contributed by atoms with E-state index in [1.54, 1.807) is 14.0 Å². The highest BCUT2D eigenvalue weighted by molar-refractivity contribution is 14.0. The zero-order chi connectivity index (χ0) is 17.4. The second kappa shape index (κ2) is 11.2. The van der Waals surface area contributed by atoms with Gasteiger partial charge >= 0.3 is 0 Å². The number of hydrogen-bond acceptors (Lipinski definition) is 3. The molecule has 1 aromatic carbocycles. The van der Waals surface area contributed by atoms with Crippen molar-refractivity contribution in [3.8, 4) is 5.75 Å². The Hall–Kier alpha value is -1.51. The predicted molar refractivity (Wildman–Crippen MR) is 112 cm³/mol. The molecule has 0 aromatic heterocycles. The van der Waals surface area contributed by atoms with Crippen molar-refractivity contribution >= 4 is 35.8 Å². The molecular weight excluding hydrogens is 431 g/mol. The van der Waals surface area contributed by atoms with Gasteiger partial charge in [0, 0.05) is 46.2 Å². The Balaban J connectivity index is 0.00000312. The molecule has 7 heteroatoms. The Morgan fingerprint density at radius 2 is 1.92 bits per heavy atom. The van der Waals surface area contributed by atoms with Crippen LogP contribution in [0.25, 0.3) is 0 Å². The van der Waals surface area contributed by atoms with Gasteiger partial charge in [0.1, 0.15) is 5.75 Å². The maximum Gasteiger partial charge on any atom is 0.219 e. The normalized spacial score (nSPS) is 14.8. The summed E-state index contributed by atoms with van der Waals surface area (Å²) in [4.78, 5) is 20.3. The van der Waals surface area contributed by atoms with Crippen molar-refractivity contribution in [3.63, 3.8) is 0 Å². The van der Waals surface area contributed by atoms with Gasteiger partial charge in [-0.15, -0.1) is 24.0 Å². The number of carbonyl (C=O) groups is 1. The summed E-state index contributed by atoms with van der Waals surface area (Å²) < 4.78 is 5.26. The molecule has 1 saturated heterocycles. The Bertz CT molecular complexity index is 572. The zero-order valence-corrected chi connectivity index (χ0v) is 17.7. The molecule has 1 fully saturated rings. The third kappa shape index (κ3) is 6.72. The number of benzene rings is 1. The average Bonchev–Trinajstić information content (AvgIpc) is 2.61. The lowest BCUT2D eigenvalue weighted by Crippen LogP contribution is -2.53. The molecule has 1 aliphatic heterocycles. The fourth-order valence-corrected chi connectivity index (χ4v) is 2.78. The summed E-state index contributed by atoms with van der Waals surface area (Å²) in [6, 6.07) is 8.10. The summed E-state index contributed by atoms with van der Waals surface area (Å²) in [6.45, 7) is 8.43. The van der Waals surface area contributed by atoms with Crippen molar-refractivity contribution in [1.29, 1.82) is 0 Å². The van der Waals surface area contributed by atoms with Gasteiger partial charge in [0.05, 0.1) is 7.11 Å². The molecule has 0 bridgehead atoms. The number of methoxy groups -OCH3 is 1. The van der Waals surface area contributed by atoms with Gasteiger partial charge in [-0.25, -0.2) is 0 Å². The first-order valence-electron chi connectivity index (χ1n) is 8.55. The summed E-state index contributed by atoms with van der Waals surface area (Å²) in [6.07, 6.45) is 0.875. The van der Waals surface area contributed by atoms with Crippen molar-refractivity contribution in [2.75, 3.05) is 46.4 Å². The van der Waals surface area contributed by atoms with Crippen molar-refractivity contribution in [3.05, 3.63) is 29.8 Å². The van der Waals surface area contributed by atoms with E-state index in [2.05, 4.69) is 23.2 Å². The lowest BCUT2D eigenvalue weighted by molar-refractivity contribution is -0.130. The molecule has 6 nitrogen and oxygen atoms in total. The zero-order valence-electron chi connectivity index (χ0n) is 15.3. The number of aliphatic imine (C=N–C) groups is 1. The largest absolute Gasteiger partial charge is 0.497 e. The second-order valence-corrected chi connectivity index (χ2v) is 5.83. The molecular formula is C18H29IN4O2. The monoisotopic (exact) mass is 460 g/mol. The minimum Gasteiger partial charge on any atom is -0.497 e. The number of hydrogen-bond donors (Lipinski definition) is 1. The molecule has 1 aromatic rings. The Morgan fingerprint density at radius 1 is 1.24 bits per heavy atom. The van der Waals surface area contributed by atoms with Crippen molar-refractivity contribution in [2.45, 2.75) is 20.3 Å². The van der Waals surface area contributed by atoms with Gasteiger partial charge in [-0.2, -0.15) is 0 Å². The average molecular weight is 460 g/mol. The second-order valence-electron chi connectivity index (χ2n) is 5.83. The van der Waals surface area contributed by atoms with Crippen LogP contribution < -0.4 is 10.1 Å². The van der Waals surface area contributed by atoms with Gasteiger partial charge in [0.15, 0.2) is 5.96 Å². The van der Waals surface area contributed by atoms with Gasteiger partial charge in [-0.05, 0) is 31.0 Å². The number of nitrogens with one attached hydrogen (secondary N) is 1. The van der Waals surface area contributed by atoms with Crippen LogP contribution in [0.2, 0.25) is 0 Å². The number of ether oxygens (including phenoxy) is 1. The van der Waals surface area contributed by atoms with Gasteiger partial charge in [-0.1, -0.05) is 12.1 Å². The summed E-state index contributed by atoms with van der Waals surface area (Å²) in [5.74, 6) is 1.96. The summed E-state index contributed by atoms with van der Waals surface area (Å²) in [5.41, 5.74) is 1.22. The highest BCUT2D eigenvalue weighted by Gasteiger charge is 2.20. The molecule has 25 heavy (non-hydrogen) atoms. The van der Waals surface area contributed by atoms with Crippen LogP contribution in [0.3, 0.4) is 0 Å². The fraction of sp³-hybridized carbons (Fsp3) is 0.556. The van der Waals surface area contributed by atoms with E-state index in [4.69, 9.17) is 9.73 Å². The minimum atomic E-state index is 0. The van der Waals surface area contributed by atoms with Gasteiger partial charge in [0.2, 0.25) is 5.91 Å². The minimum absolute atomic E-state index is 0. The molecule has 2 rings (SSSR count). The van der Waals surface area contributed by atoms with E-state index in [0.717, 1.165) is 57.4 Å². The van der Waals surface area contributed by atoms with Crippen molar-refractivity contribution < 1.29 is 9.53 Å². The number of guanidine groups is 1. The first-order valence-corrected chi connectivity index (χ1v) is 8.55. The molecule has 0 atom stereocenters. The fourth-order valence-electron chi connectivity index (χ4n) is 2.78. The van der Waals surface area contributed by atoms with Gasteiger partial charge in [0.25, 0.3) is 0 Å². The quantitative estimate of drug-likeness (QED) is 0.415. The van der Waals surface area contributed by atoms with E-state index in [-0.39, 0.29) is 29.9 Å². The van der Waals surface area contributed by atoms with E-state index in [1.165, 1.54) is 5.56 Å². The predicted octanol–water partition coefficient (Wildman–Crippen LogP) is 1.99. The molecule has 140 valence electrons. The van der Waals surface area contributed by atoms with Crippen LogP contribution in [0.1, 0.15) is 19.4 Å². The number of halogens is 1. The molecule has 1 N–H and O–H groups in total. The third-order valence-electron chi connectivity index (χ3n) is 4.16. The first kappa shape index (κ1) is 21.5. The lowest BCUT2D eigenvalue weighted by Gasteiger charge is -2.36. The van der Waals surface area contributed by atoms with Crippen LogP contribution >= 0.6 is 24.0 Å². The maximum absolute atomic E-state index is 11.4. The van der Waals surface area contributed by atoms with Crippen LogP contribution in [0.5, 0.6) is 5.75 Å².